The number of ether oxygens (including phenoxy) is 3. The SMILES string of the molecule is COc1ccccc1OCCOc1ccc(C(C)(C)C)cc1Cl. The number of rotatable bonds is 6. The van der Waals surface area contributed by atoms with Crippen LogP contribution < -0.4 is 14.2 Å². The van der Waals surface area contributed by atoms with Crippen molar-refractivity contribution in [2.45, 2.75) is 26.2 Å². The lowest BCUT2D eigenvalue weighted by Gasteiger charge is -2.20. The molecule has 3 nitrogen and oxygen atoms in total. The zero-order valence-electron chi connectivity index (χ0n) is 14.1. The van der Waals surface area contributed by atoms with Crippen molar-refractivity contribution in [1.82, 2.24) is 0 Å². The Balaban J connectivity index is 1.89. The number of benzene rings is 2. The van der Waals surface area contributed by atoms with Crippen molar-refractivity contribution in [3.63, 3.8) is 0 Å². The van der Waals surface area contributed by atoms with Gasteiger partial charge in [-0.05, 0) is 35.2 Å². The van der Waals surface area contributed by atoms with Crippen molar-refractivity contribution in [1.29, 1.82) is 0 Å². The highest BCUT2D eigenvalue weighted by Crippen LogP contribution is 2.31. The van der Waals surface area contributed by atoms with Crippen LogP contribution >= 0.6 is 11.6 Å². The largest absolute Gasteiger partial charge is 0.493 e. The number of para-hydroxylation sites is 2. The van der Waals surface area contributed by atoms with Gasteiger partial charge in [-0.15, -0.1) is 0 Å². The van der Waals surface area contributed by atoms with E-state index in [1.54, 1.807) is 7.11 Å². The van der Waals surface area contributed by atoms with Gasteiger partial charge in [-0.3, -0.25) is 0 Å². The monoisotopic (exact) mass is 334 g/mol. The lowest BCUT2D eigenvalue weighted by Crippen LogP contribution is -2.12. The van der Waals surface area contributed by atoms with E-state index in [-0.39, 0.29) is 5.41 Å². The van der Waals surface area contributed by atoms with Gasteiger partial charge in [0.05, 0.1) is 12.1 Å². The third kappa shape index (κ3) is 4.80. The van der Waals surface area contributed by atoms with Crippen molar-refractivity contribution < 1.29 is 14.2 Å². The molecular formula is C19H23ClO3. The third-order valence-electron chi connectivity index (χ3n) is 3.47. The lowest BCUT2D eigenvalue weighted by molar-refractivity contribution is 0.211. The van der Waals surface area contributed by atoms with Crippen molar-refractivity contribution in [2.75, 3.05) is 20.3 Å². The normalized spacial score (nSPS) is 11.2. The molecule has 0 saturated heterocycles. The van der Waals surface area contributed by atoms with Crippen LogP contribution in [0.4, 0.5) is 0 Å². The molecule has 0 spiro atoms. The lowest BCUT2D eigenvalue weighted by atomic mass is 9.87. The van der Waals surface area contributed by atoms with Gasteiger partial charge in [0.25, 0.3) is 0 Å². The van der Waals surface area contributed by atoms with E-state index >= 15 is 0 Å². The van der Waals surface area contributed by atoms with E-state index in [0.717, 1.165) is 0 Å². The molecule has 0 bridgehead atoms. The molecule has 0 aliphatic carbocycles. The van der Waals surface area contributed by atoms with Crippen molar-refractivity contribution >= 4 is 11.6 Å². The van der Waals surface area contributed by atoms with E-state index in [9.17, 15) is 0 Å². The fraction of sp³-hybridized carbons (Fsp3) is 0.368. The fourth-order valence-corrected chi connectivity index (χ4v) is 2.36. The average Bonchev–Trinajstić information content (AvgIpc) is 2.52. The Kier molecular flexibility index (Phi) is 5.78. The van der Waals surface area contributed by atoms with Crippen LogP contribution in [0.25, 0.3) is 0 Å². The second-order valence-corrected chi connectivity index (χ2v) is 6.65. The smallest absolute Gasteiger partial charge is 0.161 e. The summed E-state index contributed by atoms with van der Waals surface area (Å²) in [6, 6.07) is 13.4. The summed E-state index contributed by atoms with van der Waals surface area (Å²) < 4.78 is 16.6. The molecular weight excluding hydrogens is 312 g/mol. The molecule has 0 unspecified atom stereocenters. The Morgan fingerprint density at radius 1 is 0.870 bits per heavy atom. The summed E-state index contributed by atoms with van der Waals surface area (Å²) in [5.74, 6) is 2.08. The van der Waals surface area contributed by atoms with Gasteiger partial charge >= 0.3 is 0 Å². The summed E-state index contributed by atoms with van der Waals surface area (Å²) >= 11 is 6.29. The minimum Gasteiger partial charge on any atom is -0.493 e. The number of methoxy groups -OCH3 is 1. The highest BCUT2D eigenvalue weighted by atomic mass is 35.5. The molecule has 23 heavy (non-hydrogen) atoms. The predicted octanol–water partition coefficient (Wildman–Crippen LogP) is 5.10. The molecule has 0 aromatic heterocycles. The molecule has 0 radical (unpaired) electrons. The maximum Gasteiger partial charge on any atom is 0.161 e. The molecule has 0 aliphatic rings. The van der Waals surface area contributed by atoms with Crippen LogP contribution in [0, 0.1) is 0 Å². The Labute approximate surface area is 143 Å². The second kappa shape index (κ2) is 7.60. The molecule has 124 valence electrons. The summed E-state index contributed by atoms with van der Waals surface area (Å²) in [5.41, 5.74) is 1.25. The molecule has 0 fully saturated rings. The first-order valence-electron chi connectivity index (χ1n) is 7.60. The molecule has 0 saturated carbocycles. The highest BCUT2D eigenvalue weighted by Gasteiger charge is 2.15. The van der Waals surface area contributed by atoms with Gasteiger partial charge in [0.15, 0.2) is 11.5 Å². The summed E-state index contributed by atoms with van der Waals surface area (Å²) in [5, 5.41) is 0.620. The second-order valence-electron chi connectivity index (χ2n) is 6.24. The molecule has 2 rings (SSSR count). The van der Waals surface area contributed by atoms with Gasteiger partial charge in [0, 0.05) is 0 Å². The maximum atomic E-state index is 6.29. The summed E-state index contributed by atoms with van der Waals surface area (Å²) in [6.45, 7) is 7.28. The van der Waals surface area contributed by atoms with Gasteiger partial charge in [-0.2, -0.15) is 0 Å². The number of hydrogen-bond donors (Lipinski definition) is 0. The summed E-state index contributed by atoms with van der Waals surface area (Å²) in [7, 11) is 1.62. The van der Waals surface area contributed by atoms with Crippen molar-refractivity contribution in [2.24, 2.45) is 0 Å². The van der Waals surface area contributed by atoms with Crippen LogP contribution in [0.3, 0.4) is 0 Å². The quantitative estimate of drug-likeness (QED) is 0.687. The number of halogens is 1. The molecule has 0 N–H and O–H groups in total. The highest BCUT2D eigenvalue weighted by molar-refractivity contribution is 6.32. The molecule has 0 aliphatic heterocycles. The Hall–Kier alpha value is -1.87. The van der Waals surface area contributed by atoms with E-state index in [0.29, 0.717) is 35.5 Å². The van der Waals surface area contributed by atoms with E-state index < -0.39 is 0 Å². The zero-order valence-corrected chi connectivity index (χ0v) is 14.8. The standard InChI is InChI=1S/C19H23ClO3/c1-19(2,3)14-9-10-16(15(20)13-14)22-11-12-23-18-8-6-5-7-17(18)21-4/h5-10,13H,11-12H2,1-4H3. The third-order valence-corrected chi connectivity index (χ3v) is 3.76. The minimum atomic E-state index is 0.0646. The molecule has 0 amide bonds. The fourth-order valence-electron chi connectivity index (χ4n) is 2.13. The first kappa shape index (κ1) is 17.5. The van der Waals surface area contributed by atoms with E-state index in [1.165, 1.54) is 5.56 Å². The van der Waals surface area contributed by atoms with Crippen LogP contribution in [0.15, 0.2) is 42.5 Å². The molecule has 2 aromatic rings. The minimum absolute atomic E-state index is 0.0646. The molecule has 0 heterocycles. The van der Waals surface area contributed by atoms with Gasteiger partial charge in [-0.1, -0.05) is 50.6 Å². The number of hydrogen-bond acceptors (Lipinski definition) is 3. The van der Waals surface area contributed by atoms with E-state index in [1.807, 2.05) is 42.5 Å². The van der Waals surface area contributed by atoms with Gasteiger partial charge in [0.1, 0.15) is 19.0 Å². The van der Waals surface area contributed by atoms with Crippen LogP contribution in [0.2, 0.25) is 5.02 Å². The maximum absolute atomic E-state index is 6.29. The van der Waals surface area contributed by atoms with Gasteiger partial charge in [-0.25, -0.2) is 0 Å². The van der Waals surface area contributed by atoms with Crippen molar-refractivity contribution in [3.05, 3.63) is 53.1 Å². The first-order valence-corrected chi connectivity index (χ1v) is 7.98. The molecule has 2 aromatic carbocycles. The van der Waals surface area contributed by atoms with E-state index in [4.69, 9.17) is 25.8 Å². The predicted molar refractivity (Wildman–Crippen MR) is 94.1 cm³/mol. The Morgan fingerprint density at radius 2 is 1.48 bits per heavy atom. The molecule has 0 atom stereocenters. The average molecular weight is 335 g/mol. The van der Waals surface area contributed by atoms with Crippen molar-refractivity contribution in [3.8, 4) is 17.2 Å². The van der Waals surface area contributed by atoms with E-state index in [2.05, 4.69) is 20.8 Å². The van der Waals surface area contributed by atoms with Crippen LogP contribution in [-0.2, 0) is 5.41 Å². The van der Waals surface area contributed by atoms with Gasteiger partial charge < -0.3 is 14.2 Å². The topological polar surface area (TPSA) is 27.7 Å². The Bertz CT molecular complexity index is 647. The summed E-state index contributed by atoms with van der Waals surface area (Å²) in [4.78, 5) is 0. The summed E-state index contributed by atoms with van der Waals surface area (Å²) in [6.07, 6.45) is 0. The van der Waals surface area contributed by atoms with Gasteiger partial charge in [0.2, 0.25) is 0 Å². The molecule has 4 heteroatoms. The first-order chi connectivity index (χ1) is 10.9. The van der Waals surface area contributed by atoms with Crippen LogP contribution in [0.5, 0.6) is 17.2 Å². The zero-order chi connectivity index (χ0) is 16.9. The van der Waals surface area contributed by atoms with Crippen LogP contribution in [0.1, 0.15) is 26.3 Å². The van der Waals surface area contributed by atoms with Crippen LogP contribution in [-0.4, -0.2) is 20.3 Å². The Morgan fingerprint density at radius 3 is 2.04 bits per heavy atom.